The predicted octanol–water partition coefficient (Wildman–Crippen LogP) is 3.50. The van der Waals surface area contributed by atoms with Crippen LogP contribution in [0.25, 0.3) is 0 Å². The summed E-state index contributed by atoms with van der Waals surface area (Å²) in [6.07, 6.45) is -1.91. The third-order valence-corrected chi connectivity index (χ3v) is 4.38. The predicted molar refractivity (Wildman–Crippen MR) is 81.4 cm³/mol. The van der Waals surface area contributed by atoms with E-state index in [1.54, 1.807) is 0 Å². The summed E-state index contributed by atoms with van der Waals surface area (Å²) in [4.78, 5) is 23.8. The van der Waals surface area contributed by atoms with Gasteiger partial charge in [0.2, 0.25) is 5.91 Å². The van der Waals surface area contributed by atoms with Gasteiger partial charge in [0.1, 0.15) is 6.04 Å². The van der Waals surface area contributed by atoms with Crippen molar-refractivity contribution in [1.29, 1.82) is 0 Å². The number of hydrogen-bond acceptors (Lipinski definition) is 2. The van der Waals surface area contributed by atoms with Crippen LogP contribution in [-0.4, -0.2) is 23.0 Å². The monoisotopic (exact) mass is 343 g/mol. The van der Waals surface area contributed by atoms with Crippen LogP contribution in [0.3, 0.4) is 0 Å². The van der Waals surface area contributed by atoms with Crippen LogP contribution >= 0.6 is 0 Å². The van der Waals surface area contributed by atoms with Gasteiger partial charge in [-0.3, -0.25) is 4.79 Å². The number of unbranched alkanes of at least 4 members (excludes halogenated alkanes) is 1. The SMILES string of the molecule is CCCCC(NC(=O)C1(c2cccc(C(F)(F)F)c2)CC1)C(=O)O. The highest BCUT2D eigenvalue weighted by Crippen LogP contribution is 2.49. The fraction of sp³-hybridized carbons (Fsp3) is 0.529. The molecule has 1 saturated carbocycles. The van der Waals surface area contributed by atoms with Crippen LogP contribution in [0.1, 0.15) is 50.2 Å². The summed E-state index contributed by atoms with van der Waals surface area (Å²) in [5.74, 6) is -1.64. The number of hydrogen-bond donors (Lipinski definition) is 2. The number of alkyl halides is 3. The first-order valence-corrected chi connectivity index (χ1v) is 7.92. The van der Waals surface area contributed by atoms with Crippen LogP contribution in [0, 0.1) is 0 Å². The van der Waals surface area contributed by atoms with Crippen molar-refractivity contribution in [2.45, 2.75) is 56.7 Å². The fourth-order valence-corrected chi connectivity index (χ4v) is 2.73. The molecule has 1 aromatic rings. The van der Waals surface area contributed by atoms with Crippen molar-refractivity contribution in [3.8, 4) is 0 Å². The average Bonchev–Trinajstić information content (AvgIpc) is 3.32. The molecule has 2 N–H and O–H groups in total. The molecule has 1 fully saturated rings. The Balaban J connectivity index is 2.18. The van der Waals surface area contributed by atoms with Crippen LogP contribution in [-0.2, 0) is 21.2 Å². The summed E-state index contributed by atoms with van der Waals surface area (Å²) in [6, 6.07) is 3.69. The van der Waals surface area contributed by atoms with Gasteiger partial charge in [0.25, 0.3) is 0 Å². The van der Waals surface area contributed by atoms with Crippen molar-refractivity contribution in [1.82, 2.24) is 5.32 Å². The maximum atomic E-state index is 12.9. The molecule has 1 amide bonds. The largest absolute Gasteiger partial charge is 0.480 e. The Morgan fingerprint density at radius 2 is 2.00 bits per heavy atom. The lowest BCUT2D eigenvalue weighted by Gasteiger charge is -2.21. The molecule has 1 aliphatic carbocycles. The Hall–Kier alpha value is -2.05. The molecule has 0 aromatic heterocycles. The molecule has 7 heteroatoms. The third kappa shape index (κ3) is 3.88. The van der Waals surface area contributed by atoms with E-state index in [2.05, 4.69) is 5.32 Å². The van der Waals surface area contributed by atoms with Crippen molar-refractivity contribution in [3.05, 3.63) is 35.4 Å². The molecular formula is C17H20F3NO3. The fourth-order valence-electron chi connectivity index (χ4n) is 2.73. The Kier molecular flexibility index (Phi) is 5.20. The number of halogens is 3. The van der Waals surface area contributed by atoms with Gasteiger partial charge in [0.15, 0.2) is 0 Å². The van der Waals surface area contributed by atoms with E-state index in [-0.39, 0.29) is 5.56 Å². The van der Waals surface area contributed by atoms with Crippen molar-refractivity contribution in [2.24, 2.45) is 0 Å². The maximum Gasteiger partial charge on any atom is 0.416 e. The van der Waals surface area contributed by atoms with Gasteiger partial charge in [-0.05, 0) is 30.9 Å². The van der Waals surface area contributed by atoms with E-state index in [9.17, 15) is 27.9 Å². The number of rotatable bonds is 7. The number of benzene rings is 1. The van der Waals surface area contributed by atoms with Gasteiger partial charge in [0, 0.05) is 0 Å². The summed E-state index contributed by atoms with van der Waals surface area (Å²) >= 11 is 0. The first kappa shape index (κ1) is 18.3. The molecule has 0 saturated heterocycles. The minimum atomic E-state index is -4.48. The van der Waals surface area contributed by atoms with Crippen LogP contribution in [0.4, 0.5) is 13.2 Å². The highest BCUT2D eigenvalue weighted by molar-refractivity contribution is 5.94. The minimum absolute atomic E-state index is 0.287. The van der Waals surface area contributed by atoms with E-state index >= 15 is 0 Å². The lowest BCUT2D eigenvalue weighted by atomic mass is 9.92. The molecule has 0 spiro atoms. The van der Waals surface area contributed by atoms with E-state index in [4.69, 9.17) is 0 Å². The Labute approximate surface area is 138 Å². The van der Waals surface area contributed by atoms with Gasteiger partial charge in [-0.1, -0.05) is 38.0 Å². The summed E-state index contributed by atoms with van der Waals surface area (Å²) in [5.41, 5.74) is -1.56. The van der Waals surface area contributed by atoms with Crippen LogP contribution in [0.15, 0.2) is 24.3 Å². The summed E-state index contributed by atoms with van der Waals surface area (Å²) in [5, 5.41) is 11.7. The van der Waals surface area contributed by atoms with E-state index in [1.165, 1.54) is 12.1 Å². The minimum Gasteiger partial charge on any atom is -0.480 e. The van der Waals surface area contributed by atoms with Crippen LogP contribution in [0.2, 0.25) is 0 Å². The molecule has 132 valence electrons. The highest BCUT2D eigenvalue weighted by Gasteiger charge is 2.52. The van der Waals surface area contributed by atoms with E-state index in [0.29, 0.717) is 25.7 Å². The zero-order valence-electron chi connectivity index (χ0n) is 13.3. The molecule has 1 aromatic carbocycles. The number of carboxylic acid groups (broad SMARTS) is 1. The highest BCUT2D eigenvalue weighted by atomic mass is 19.4. The number of carbonyl (C=O) groups is 2. The first-order valence-electron chi connectivity index (χ1n) is 7.92. The topological polar surface area (TPSA) is 66.4 Å². The number of carbonyl (C=O) groups excluding carboxylic acids is 1. The standard InChI is InChI=1S/C17H20F3NO3/c1-2-3-7-13(14(22)23)21-15(24)16(8-9-16)11-5-4-6-12(10-11)17(18,19)20/h4-6,10,13H,2-3,7-9H2,1H3,(H,21,24)(H,22,23). The molecule has 1 aliphatic rings. The second kappa shape index (κ2) is 6.83. The summed E-state index contributed by atoms with van der Waals surface area (Å²) in [6.45, 7) is 1.91. The Bertz CT molecular complexity index is 624. The molecule has 0 radical (unpaired) electrons. The maximum absolute atomic E-state index is 12.9. The second-order valence-corrected chi connectivity index (χ2v) is 6.17. The molecule has 0 aliphatic heterocycles. The van der Waals surface area contributed by atoms with Gasteiger partial charge in [-0.25, -0.2) is 4.79 Å². The smallest absolute Gasteiger partial charge is 0.416 e. The van der Waals surface area contributed by atoms with Crippen molar-refractivity contribution < 1.29 is 27.9 Å². The molecule has 0 heterocycles. The molecule has 2 rings (SSSR count). The molecule has 1 atom stereocenters. The third-order valence-electron chi connectivity index (χ3n) is 4.38. The van der Waals surface area contributed by atoms with Gasteiger partial charge < -0.3 is 10.4 Å². The normalized spacial score (nSPS) is 17.2. The average molecular weight is 343 g/mol. The molecule has 0 bridgehead atoms. The van der Waals surface area contributed by atoms with Gasteiger partial charge in [-0.2, -0.15) is 13.2 Å². The molecule has 1 unspecified atom stereocenters. The van der Waals surface area contributed by atoms with E-state index < -0.39 is 35.1 Å². The first-order chi connectivity index (χ1) is 11.2. The lowest BCUT2D eigenvalue weighted by Crippen LogP contribution is -2.45. The molecular weight excluding hydrogens is 323 g/mol. The van der Waals surface area contributed by atoms with Crippen molar-refractivity contribution in [3.63, 3.8) is 0 Å². The van der Waals surface area contributed by atoms with Gasteiger partial charge in [-0.15, -0.1) is 0 Å². The van der Waals surface area contributed by atoms with Crippen molar-refractivity contribution in [2.75, 3.05) is 0 Å². The summed E-state index contributed by atoms with van der Waals surface area (Å²) < 4.78 is 38.6. The Morgan fingerprint density at radius 3 is 2.50 bits per heavy atom. The van der Waals surface area contributed by atoms with E-state index in [0.717, 1.165) is 18.6 Å². The van der Waals surface area contributed by atoms with Crippen molar-refractivity contribution >= 4 is 11.9 Å². The number of aliphatic carboxylic acids is 1. The zero-order valence-corrected chi connectivity index (χ0v) is 13.3. The molecule has 24 heavy (non-hydrogen) atoms. The zero-order chi connectivity index (χ0) is 18.0. The summed E-state index contributed by atoms with van der Waals surface area (Å²) in [7, 11) is 0. The quantitative estimate of drug-likeness (QED) is 0.796. The second-order valence-electron chi connectivity index (χ2n) is 6.17. The molecule has 4 nitrogen and oxygen atoms in total. The van der Waals surface area contributed by atoms with Crippen LogP contribution < -0.4 is 5.32 Å². The number of carboxylic acids is 1. The lowest BCUT2D eigenvalue weighted by molar-refractivity contribution is -0.142. The van der Waals surface area contributed by atoms with Gasteiger partial charge in [0.05, 0.1) is 11.0 Å². The van der Waals surface area contributed by atoms with Gasteiger partial charge >= 0.3 is 12.1 Å². The Morgan fingerprint density at radius 1 is 1.33 bits per heavy atom. The van der Waals surface area contributed by atoms with Crippen LogP contribution in [0.5, 0.6) is 0 Å². The van der Waals surface area contributed by atoms with E-state index in [1.807, 2.05) is 6.92 Å². The number of nitrogens with one attached hydrogen (secondary N) is 1. The number of amides is 1.